The fourth-order valence-electron chi connectivity index (χ4n) is 3.25. The molecule has 4 rings (SSSR count). The van der Waals surface area contributed by atoms with E-state index in [0.717, 1.165) is 15.7 Å². The van der Waals surface area contributed by atoms with Crippen LogP contribution in [0.4, 0.5) is 5.69 Å². The topological polar surface area (TPSA) is 59.2 Å². The highest BCUT2D eigenvalue weighted by molar-refractivity contribution is 9.10. The second kappa shape index (κ2) is 7.56. The summed E-state index contributed by atoms with van der Waals surface area (Å²) in [5, 5.41) is 4.68. The van der Waals surface area contributed by atoms with Crippen molar-refractivity contribution < 1.29 is 9.32 Å². The number of fused-ring (bicyclic) bond motifs is 1. The lowest BCUT2D eigenvalue weighted by atomic mass is 10.0. The number of carbonyl (C=O) groups is 1. The number of carbonyl (C=O) groups excluding carboxylic acids is 1. The van der Waals surface area contributed by atoms with E-state index in [1.807, 2.05) is 74.5 Å². The number of benzene rings is 2. The first-order chi connectivity index (χ1) is 13.6. The summed E-state index contributed by atoms with van der Waals surface area (Å²) in [5.41, 5.74) is 3.96. The molecule has 0 saturated heterocycles. The van der Waals surface area contributed by atoms with Gasteiger partial charge in [0.1, 0.15) is 0 Å². The average molecular weight is 436 g/mol. The zero-order chi connectivity index (χ0) is 19.7. The van der Waals surface area contributed by atoms with Crippen LogP contribution in [0, 0.1) is 6.92 Å². The van der Waals surface area contributed by atoms with E-state index < -0.39 is 0 Å². The molecule has 0 N–H and O–H groups in total. The predicted octanol–water partition coefficient (Wildman–Crippen LogP) is 5.63. The summed E-state index contributed by atoms with van der Waals surface area (Å²) in [4.78, 5) is 19.9. The molecular weight excluding hydrogens is 418 g/mol. The van der Waals surface area contributed by atoms with E-state index in [-0.39, 0.29) is 5.91 Å². The molecule has 4 aromatic rings. The fraction of sp³-hybridized carbons (Fsp3) is 0.136. The van der Waals surface area contributed by atoms with Crippen molar-refractivity contribution in [3.05, 3.63) is 76.4 Å². The second-order valence-electron chi connectivity index (χ2n) is 6.40. The molecular formula is C22H18BrN3O2. The zero-order valence-corrected chi connectivity index (χ0v) is 17.1. The van der Waals surface area contributed by atoms with E-state index in [4.69, 9.17) is 4.52 Å². The number of hydrogen-bond acceptors (Lipinski definition) is 4. The molecule has 0 aliphatic heterocycles. The zero-order valence-electron chi connectivity index (χ0n) is 15.5. The van der Waals surface area contributed by atoms with E-state index in [1.54, 1.807) is 4.90 Å². The Balaban J connectivity index is 1.88. The van der Waals surface area contributed by atoms with Crippen molar-refractivity contribution in [2.75, 3.05) is 11.4 Å². The van der Waals surface area contributed by atoms with Gasteiger partial charge < -0.3 is 9.42 Å². The Morgan fingerprint density at radius 2 is 1.89 bits per heavy atom. The van der Waals surface area contributed by atoms with Crippen LogP contribution in [0.5, 0.6) is 0 Å². The van der Waals surface area contributed by atoms with Crippen LogP contribution in [0.15, 0.2) is 69.7 Å². The lowest BCUT2D eigenvalue weighted by Gasteiger charge is -2.22. The van der Waals surface area contributed by atoms with Crippen LogP contribution in [0.3, 0.4) is 0 Å². The smallest absolute Gasteiger partial charge is 0.259 e. The van der Waals surface area contributed by atoms with E-state index in [9.17, 15) is 4.79 Å². The standard InChI is InChI=1S/C22H18BrN3O2/c1-3-26(17-11-7-10-16(23)12-17)22(27)18-13-19(15-8-5-4-6-9-15)24-21-20(18)14(2)25-28-21/h4-13H,3H2,1-2H3. The second-order valence-corrected chi connectivity index (χ2v) is 7.31. The maximum atomic E-state index is 13.5. The summed E-state index contributed by atoms with van der Waals surface area (Å²) < 4.78 is 6.32. The van der Waals surface area contributed by atoms with Gasteiger partial charge in [-0.25, -0.2) is 4.98 Å². The molecule has 0 fully saturated rings. The summed E-state index contributed by atoms with van der Waals surface area (Å²) in [6.07, 6.45) is 0. The van der Waals surface area contributed by atoms with Gasteiger partial charge in [-0.3, -0.25) is 4.79 Å². The Labute approximate surface area is 171 Å². The Bertz CT molecular complexity index is 1160. The van der Waals surface area contributed by atoms with Gasteiger partial charge >= 0.3 is 0 Å². The minimum Gasteiger partial charge on any atom is -0.335 e. The van der Waals surface area contributed by atoms with Gasteiger partial charge in [0, 0.05) is 22.3 Å². The van der Waals surface area contributed by atoms with Crippen LogP contribution in [0.2, 0.25) is 0 Å². The van der Waals surface area contributed by atoms with Crippen LogP contribution in [0.1, 0.15) is 23.0 Å². The number of pyridine rings is 1. The number of aryl methyl sites for hydroxylation is 1. The quantitative estimate of drug-likeness (QED) is 0.416. The molecule has 5 nitrogen and oxygen atoms in total. The number of halogens is 1. The number of hydrogen-bond donors (Lipinski definition) is 0. The lowest BCUT2D eigenvalue weighted by Crippen LogP contribution is -2.31. The highest BCUT2D eigenvalue weighted by Gasteiger charge is 2.24. The Morgan fingerprint density at radius 3 is 2.61 bits per heavy atom. The molecule has 0 saturated carbocycles. The minimum absolute atomic E-state index is 0.114. The van der Waals surface area contributed by atoms with Crippen LogP contribution in [0.25, 0.3) is 22.4 Å². The monoisotopic (exact) mass is 435 g/mol. The molecule has 0 spiro atoms. The number of anilines is 1. The van der Waals surface area contributed by atoms with Crippen molar-refractivity contribution in [2.24, 2.45) is 0 Å². The molecule has 2 aromatic carbocycles. The van der Waals surface area contributed by atoms with Gasteiger partial charge in [0.2, 0.25) is 0 Å². The molecule has 2 aromatic heterocycles. The molecule has 1 amide bonds. The Hall–Kier alpha value is -2.99. The fourth-order valence-corrected chi connectivity index (χ4v) is 3.64. The minimum atomic E-state index is -0.114. The van der Waals surface area contributed by atoms with Crippen LogP contribution in [-0.4, -0.2) is 22.6 Å². The van der Waals surface area contributed by atoms with E-state index >= 15 is 0 Å². The van der Waals surface area contributed by atoms with E-state index in [0.29, 0.717) is 34.6 Å². The van der Waals surface area contributed by atoms with Crippen molar-refractivity contribution in [1.82, 2.24) is 10.1 Å². The maximum absolute atomic E-state index is 13.5. The van der Waals surface area contributed by atoms with Gasteiger partial charge in [0.05, 0.1) is 22.3 Å². The average Bonchev–Trinajstić information content (AvgIpc) is 3.09. The molecule has 28 heavy (non-hydrogen) atoms. The van der Waals surface area contributed by atoms with Crippen LogP contribution >= 0.6 is 15.9 Å². The highest BCUT2D eigenvalue weighted by atomic mass is 79.9. The third kappa shape index (κ3) is 3.31. The number of aromatic nitrogens is 2. The van der Waals surface area contributed by atoms with Crippen LogP contribution in [-0.2, 0) is 0 Å². The lowest BCUT2D eigenvalue weighted by molar-refractivity contribution is 0.0990. The molecule has 0 radical (unpaired) electrons. The van der Waals surface area contributed by atoms with Crippen molar-refractivity contribution in [3.8, 4) is 11.3 Å². The van der Waals surface area contributed by atoms with Gasteiger partial charge in [-0.05, 0) is 38.1 Å². The molecule has 0 atom stereocenters. The maximum Gasteiger partial charge on any atom is 0.259 e. The van der Waals surface area contributed by atoms with Gasteiger partial charge in [0.15, 0.2) is 0 Å². The van der Waals surface area contributed by atoms with Gasteiger partial charge in [0.25, 0.3) is 11.6 Å². The van der Waals surface area contributed by atoms with Crippen molar-refractivity contribution in [1.29, 1.82) is 0 Å². The molecule has 6 heteroatoms. The van der Waals surface area contributed by atoms with Crippen molar-refractivity contribution >= 4 is 38.6 Å². The Kier molecular flexibility index (Phi) is 4.96. The third-order valence-electron chi connectivity index (χ3n) is 4.60. The normalized spacial score (nSPS) is 11.0. The highest BCUT2D eigenvalue weighted by Crippen LogP contribution is 2.29. The SMILES string of the molecule is CCN(C(=O)c1cc(-c2ccccc2)nc2onc(C)c12)c1cccc(Br)c1. The molecule has 2 heterocycles. The molecule has 0 aliphatic carbocycles. The largest absolute Gasteiger partial charge is 0.335 e. The van der Waals surface area contributed by atoms with E-state index in [2.05, 4.69) is 26.1 Å². The van der Waals surface area contributed by atoms with Crippen molar-refractivity contribution in [2.45, 2.75) is 13.8 Å². The summed E-state index contributed by atoms with van der Waals surface area (Å²) in [5.74, 6) is -0.114. The van der Waals surface area contributed by atoms with E-state index in [1.165, 1.54) is 0 Å². The van der Waals surface area contributed by atoms with Gasteiger partial charge in [-0.15, -0.1) is 0 Å². The molecule has 0 aliphatic rings. The molecule has 0 unspecified atom stereocenters. The summed E-state index contributed by atoms with van der Waals surface area (Å²) in [7, 11) is 0. The number of amides is 1. The first-order valence-corrected chi connectivity index (χ1v) is 9.77. The Morgan fingerprint density at radius 1 is 1.11 bits per heavy atom. The summed E-state index contributed by atoms with van der Waals surface area (Å²) in [6, 6.07) is 19.3. The first kappa shape index (κ1) is 18.4. The van der Waals surface area contributed by atoms with Crippen molar-refractivity contribution in [3.63, 3.8) is 0 Å². The molecule has 0 bridgehead atoms. The van der Waals surface area contributed by atoms with Gasteiger partial charge in [-0.1, -0.05) is 57.5 Å². The van der Waals surface area contributed by atoms with Gasteiger partial charge in [-0.2, -0.15) is 0 Å². The number of rotatable bonds is 4. The molecule has 140 valence electrons. The number of nitrogens with zero attached hydrogens (tertiary/aromatic N) is 3. The van der Waals surface area contributed by atoms with Crippen LogP contribution < -0.4 is 4.90 Å². The summed E-state index contributed by atoms with van der Waals surface area (Å²) in [6.45, 7) is 4.31. The third-order valence-corrected chi connectivity index (χ3v) is 5.09. The predicted molar refractivity (Wildman–Crippen MR) is 113 cm³/mol. The first-order valence-electron chi connectivity index (χ1n) is 8.98. The summed E-state index contributed by atoms with van der Waals surface area (Å²) >= 11 is 3.48.